The number of aromatic nitrogens is 1. The summed E-state index contributed by atoms with van der Waals surface area (Å²) in [5.41, 5.74) is 0. The molecule has 0 aliphatic heterocycles. The maximum Gasteiger partial charge on any atom is 0.188 e. The van der Waals surface area contributed by atoms with Gasteiger partial charge in [-0.3, -0.25) is 4.79 Å². The summed E-state index contributed by atoms with van der Waals surface area (Å²) in [5.74, 6) is 0.779. The second-order valence-electron chi connectivity index (χ2n) is 1.84. The summed E-state index contributed by atoms with van der Waals surface area (Å²) >= 11 is 1.36. The molecule has 4 heteroatoms. The number of hydrogen-bond acceptors (Lipinski definition) is 4. The van der Waals surface area contributed by atoms with Gasteiger partial charge in [0.25, 0.3) is 0 Å². The first-order valence-electron chi connectivity index (χ1n) is 2.88. The molecule has 54 valence electrons. The fourth-order valence-corrected chi connectivity index (χ4v) is 1.26. The van der Waals surface area contributed by atoms with E-state index in [1.165, 1.54) is 18.3 Å². The molecule has 0 aliphatic rings. The van der Waals surface area contributed by atoms with E-state index in [0.29, 0.717) is 5.01 Å². The van der Waals surface area contributed by atoms with E-state index in [1.807, 2.05) is 5.38 Å². The normalized spacial score (nSPS) is 9.40. The van der Waals surface area contributed by atoms with Crippen molar-refractivity contribution in [3.8, 4) is 0 Å². The monoisotopic (exact) mass is 156 g/mol. The van der Waals surface area contributed by atoms with Crippen molar-refractivity contribution >= 4 is 22.9 Å². The molecule has 1 heterocycles. The number of thiazole rings is 1. The number of rotatable bonds is 2. The first-order chi connectivity index (χ1) is 4.74. The van der Waals surface area contributed by atoms with E-state index >= 15 is 0 Å². The summed E-state index contributed by atoms with van der Waals surface area (Å²) in [4.78, 5) is 14.7. The van der Waals surface area contributed by atoms with Crippen LogP contribution < -0.4 is 5.32 Å². The number of carbonyl (C=O) groups excluding carboxylic acids is 1. The van der Waals surface area contributed by atoms with Crippen molar-refractivity contribution in [2.45, 2.75) is 6.92 Å². The highest BCUT2D eigenvalue weighted by molar-refractivity contribution is 7.12. The van der Waals surface area contributed by atoms with Crippen LogP contribution >= 0.6 is 11.3 Å². The van der Waals surface area contributed by atoms with Crippen LogP contribution in [-0.4, -0.2) is 17.8 Å². The number of nitrogens with one attached hydrogen (secondary N) is 1. The molecule has 1 N–H and O–H groups in total. The van der Waals surface area contributed by atoms with Gasteiger partial charge in [-0.05, 0) is 0 Å². The Labute approximate surface area is 63.1 Å². The molecule has 10 heavy (non-hydrogen) atoms. The minimum absolute atomic E-state index is 0.0199. The van der Waals surface area contributed by atoms with Crippen molar-refractivity contribution in [2.24, 2.45) is 0 Å². The van der Waals surface area contributed by atoms with E-state index in [-0.39, 0.29) is 5.78 Å². The molecular weight excluding hydrogens is 148 g/mol. The second-order valence-corrected chi connectivity index (χ2v) is 2.70. The van der Waals surface area contributed by atoms with Gasteiger partial charge in [0.05, 0.1) is 0 Å². The molecule has 0 saturated carbocycles. The van der Waals surface area contributed by atoms with Crippen molar-refractivity contribution in [1.29, 1.82) is 0 Å². The minimum Gasteiger partial charge on any atom is -0.372 e. The molecule has 0 aromatic carbocycles. The van der Waals surface area contributed by atoms with Gasteiger partial charge in [0, 0.05) is 19.4 Å². The van der Waals surface area contributed by atoms with E-state index in [1.54, 1.807) is 7.05 Å². The zero-order valence-corrected chi connectivity index (χ0v) is 6.66. The topological polar surface area (TPSA) is 42.0 Å². The molecule has 0 unspecified atom stereocenters. The number of Topliss-reactive ketones (excluding diaryl/α,β-unsaturated/α-hetero) is 1. The van der Waals surface area contributed by atoms with Crippen molar-refractivity contribution in [2.75, 3.05) is 12.4 Å². The van der Waals surface area contributed by atoms with Crippen LogP contribution in [0.3, 0.4) is 0 Å². The van der Waals surface area contributed by atoms with Gasteiger partial charge in [0.15, 0.2) is 10.8 Å². The fraction of sp³-hybridized carbons (Fsp3) is 0.333. The Morgan fingerprint density at radius 3 is 2.80 bits per heavy atom. The Morgan fingerprint density at radius 2 is 2.50 bits per heavy atom. The van der Waals surface area contributed by atoms with Crippen LogP contribution in [0.15, 0.2) is 5.38 Å². The van der Waals surface area contributed by atoms with Gasteiger partial charge in [0.2, 0.25) is 0 Å². The molecule has 0 amide bonds. The Morgan fingerprint density at radius 1 is 1.80 bits per heavy atom. The van der Waals surface area contributed by atoms with E-state index < -0.39 is 0 Å². The first-order valence-corrected chi connectivity index (χ1v) is 3.76. The van der Waals surface area contributed by atoms with Gasteiger partial charge in [-0.25, -0.2) is 4.98 Å². The lowest BCUT2D eigenvalue weighted by atomic mass is 10.5. The predicted octanol–water partition coefficient (Wildman–Crippen LogP) is 1.39. The quantitative estimate of drug-likeness (QED) is 0.658. The zero-order valence-electron chi connectivity index (χ0n) is 5.84. The van der Waals surface area contributed by atoms with E-state index in [0.717, 1.165) is 5.82 Å². The van der Waals surface area contributed by atoms with Crippen LogP contribution in [0.4, 0.5) is 5.82 Å². The molecule has 0 aliphatic carbocycles. The summed E-state index contributed by atoms with van der Waals surface area (Å²) in [6, 6.07) is 0. The number of nitrogens with zero attached hydrogens (tertiary/aromatic N) is 1. The highest BCUT2D eigenvalue weighted by Crippen LogP contribution is 2.13. The number of anilines is 1. The third-order valence-electron chi connectivity index (χ3n) is 1.06. The molecule has 0 bridgehead atoms. The van der Waals surface area contributed by atoms with Crippen LogP contribution in [0.25, 0.3) is 0 Å². The average molecular weight is 156 g/mol. The summed E-state index contributed by atoms with van der Waals surface area (Å²) in [5, 5.41) is 5.23. The van der Waals surface area contributed by atoms with Crippen molar-refractivity contribution in [3.05, 3.63) is 10.4 Å². The smallest absolute Gasteiger partial charge is 0.188 e. The third-order valence-corrected chi connectivity index (χ3v) is 2.00. The first kappa shape index (κ1) is 7.21. The summed E-state index contributed by atoms with van der Waals surface area (Å²) in [6.45, 7) is 1.51. The summed E-state index contributed by atoms with van der Waals surface area (Å²) in [6.07, 6.45) is 0. The number of carbonyl (C=O) groups is 1. The third kappa shape index (κ3) is 1.33. The molecule has 1 aromatic rings. The van der Waals surface area contributed by atoms with Crippen molar-refractivity contribution in [1.82, 2.24) is 4.98 Å². The van der Waals surface area contributed by atoms with E-state index in [9.17, 15) is 4.79 Å². The molecule has 0 spiro atoms. The zero-order chi connectivity index (χ0) is 7.56. The summed E-state index contributed by atoms with van der Waals surface area (Å²) in [7, 11) is 1.78. The van der Waals surface area contributed by atoms with E-state index in [4.69, 9.17) is 0 Å². The van der Waals surface area contributed by atoms with Gasteiger partial charge < -0.3 is 5.32 Å². The summed E-state index contributed by atoms with van der Waals surface area (Å²) < 4.78 is 0. The van der Waals surface area contributed by atoms with Gasteiger partial charge in [-0.15, -0.1) is 11.3 Å². The Hall–Kier alpha value is -0.900. The van der Waals surface area contributed by atoms with E-state index in [2.05, 4.69) is 10.3 Å². The SMILES string of the molecule is CNc1csc(C(C)=O)n1. The Balaban J connectivity index is 2.88. The molecule has 0 radical (unpaired) electrons. The lowest BCUT2D eigenvalue weighted by Gasteiger charge is -1.87. The number of hydrogen-bond donors (Lipinski definition) is 1. The number of ketones is 1. The van der Waals surface area contributed by atoms with Crippen LogP contribution in [0, 0.1) is 0 Å². The second kappa shape index (κ2) is 2.79. The van der Waals surface area contributed by atoms with Crippen LogP contribution in [0.1, 0.15) is 16.7 Å². The van der Waals surface area contributed by atoms with Crippen LogP contribution in [0.5, 0.6) is 0 Å². The molecule has 0 atom stereocenters. The maximum atomic E-state index is 10.7. The lowest BCUT2D eigenvalue weighted by Crippen LogP contribution is -1.92. The fourth-order valence-electron chi connectivity index (χ4n) is 0.550. The van der Waals surface area contributed by atoms with Crippen LogP contribution in [0.2, 0.25) is 0 Å². The van der Waals surface area contributed by atoms with Crippen LogP contribution in [-0.2, 0) is 0 Å². The Kier molecular flexibility index (Phi) is 2.01. The Bertz CT molecular complexity index is 244. The molecule has 1 rings (SSSR count). The van der Waals surface area contributed by atoms with Gasteiger partial charge in [-0.1, -0.05) is 0 Å². The van der Waals surface area contributed by atoms with Gasteiger partial charge in [-0.2, -0.15) is 0 Å². The highest BCUT2D eigenvalue weighted by atomic mass is 32.1. The largest absolute Gasteiger partial charge is 0.372 e. The molecule has 0 fully saturated rings. The van der Waals surface area contributed by atoms with Gasteiger partial charge >= 0.3 is 0 Å². The molecule has 0 saturated heterocycles. The predicted molar refractivity (Wildman–Crippen MR) is 41.7 cm³/mol. The maximum absolute atomic E-state index is 10.7. The average Bonchev–Trinajstić information content (AvgIpc) is 2.34. The molecule has 3 nitrogen and oxygen atoms in total. The lowest BCUT2D eigenvalue weighted by molar-refractivity contribution is 0.101. The highest BCUT2D eigenvalue weighted by Gasteiger charge is 2.03. The van der Waals surface area contributed by atoms with Crippen molar-refractivity contribution in [3.63, 3.8) is 0 Å². The van der Waals surface area contributed by atoms with Crippen molar-refractivity contribution < 1.29 is 4.79 Å². The molecular formula is C6H8N2OS. The van der Waals surface area contributed by atoms with Gasteiger partial charge in [0.1, 0.15) is 5.82 Å². The standard InChI is InChI=1S/C6H8N2OS/c1-4(9)6-8-5(7-2)3-10-6/h3,7H,1-2H3. The molecule has 1 aromatic heterocycles. The minimum atomic E-state index is 0.0199.